The van der Waals surface area contributed by atoms with Gasteiger partial charge in [0.2, 0.25) is 0 Å². The molecule has 0 radical (unpaired) electrons. The third-order valence-electron chi connectivity index (χ3n) is 7.36. The first kappa shape index (κ1) is 24.6. The normalized spacial score (nSPS) is 23.4. The molecule has 2 amide bonds. The fraction of sp³-hybridized carbons (Fsp3) is 0.440. The van der Waals surface area contributed by atoms with Gasteiger partial charge < -0.3 is 15.7 Å². The number of aromatic nitrogens is 3. The maximum atomic E-state index is 14.3. The van der Waals surface area contributed by atoms with Gasteiger partial charge in [0.15, 0.2) is 11.5 Å². The summed E-state index contributed by atoms with van der Waals surface area (Å²) in [5.74, 6) is -1.89. The van der Waals surface area contributed by atoms with Crippen LogP contribution >= 0.6 is 11.6 Å². The van der Waals surface area contributed by atoms with Crippen molar-refractivity contribution in [1.29, 1.82) is 0 Å². The fourth-order valence-corrected chi connectivity index (χ4v) is 5.63. The standard InChI is InChI=1S/C25H26ClF2N5O3/c26-17-8-14(3-4-18(17)27)11-29-23(34)20-9-21(33-22(32-20)19(28)13-31-33)24(35)30-12-16-5-7-25(36)6-1-2-15(16)10-25/h3-4,8-9,13,15-16,36H,1-2,5-7,10-12H2,(H,29,34)(H,30,35). The van der Waals surface area contributed by atoms with Crippen LogP contribution in [0, 0.1) is 23.5 Å². The average molecular weight is 518 g/mol. The molecular formula is C25H26ClF2N5O3. The van der Waals surface area contributed by atoms with Gasteiger partial charge in [-0.2, -0.15) is 5.10 Å². The van der Waals surface area contributed by atoms with E-state index in [2.05, 4.69) is 20.7 Å². The summed E-state index contributed by atoms with van der Waals surface area (Å²) in [5, 5.41) is 20.0. The highest BCUT2D eigenvalue weighted by Crippen LogP contribution is 2.45. The molecule has 190 valence electrons. The van der Waals surface area contributed by atoms with Gasteiger partial charge in [0.25, 0.3) is 11.8 Å². The molecule has 3 aromatic rings. The van der Waals surface area contributed by atoms with Crippen LogP contribution in [0.5, 0.6) is 0 Å². The van der Waals surface area contributed by atoms with Crippen LogP contribution in [0.1, 0.15) is 65.1 Å². The van der Waals surface area contributed by atoms with Gasteiger partial charge in [-0.3, -0.25) is 9.59 Å². The quantitative estimate of drug-likeness (QED) is 0.462. The van der Waals surface area contributed by atoms with E-state index in [1.165, 1.54) is 24.3 Å². The minimum Gasteiger partial charge on any atom is -0.390 e. The largest absolute Gasteiger partial charge is 0.390 e. The van der Waals surface area contributed by atoms with Gasteiger partial charge >= 0.3 is 0 Å². The van der Waals surface area contributed by atoms with Crippen LogP contribution in [0.3, 0.4) is 0 Å². The van der Waals surface area contributed by atoms with Crippen molar-refractivity contribution in [3.8, 4) is 0 Å². The summed E-state index contributed by atoms with van der Waals surface area (Å²) in [6.07, 6.45) is 6.07. The molecule has 1 aromatic carbocycles. The molecule has 3 N–H and O–H groups in total. The van der Waals surface area contributed by atoms with Gasteiger partial charge in [-0.15, -0.1) is 0 Å². The molecular weight excluding hydrogens is 492 g/mol. The number of amides is 2. The van der Waals surface area contributed by atoms with Crippen molar-refractivity contribution in [3.05, 3.63) is 64.1 Å². The highest BCUT2D eigenvalue weighted by Gasteiger charge is 2.42. The van der Waals surface area contributed by atoms with Crippen molar-refractivity contribution >= 4 is 29.1 Å². The smallest absolute Gasteiger partial charge is 0.270 e. The Morgan fingerprint density at radius 3 is 2.78 bits per heavy atom. The lowest BCUT2D eigenvalue weighted by molar-refractivity contribution is -0.0661. The minimum absolute atomic E-state index is 0.0187. The SMILES string of the molecule is O=C(NCc1ccc(F)c(Cl)c1)c1cc(C(=O)NCC2CCC3(O)CCCC2C3)n2ncc(F)c2n1. The molecule has 2 fully saturated rings. The molecule has 3 atom stereocenters. The number of carbonyl (C=O) groups is 2. The molecule has 0 spiro atoms. The molecule has 8 nitrogen and oxygen atoms in total. The van der Waals surface area contributed by atoms with Crippen molar-refractivity contribution in [2.24, 2.45) is 11.8 Å². The Labute approximate surface area is 211 Å². The Bertz CT molecular complexity index is 1330. The highest BCUT2D eigenvalue weighted by molar-refractivity contribution is 6.30. The number of hydrogen-bond acceptors (Lipinski definition) is 5. The first-order chi connectivity index (χ1) is 17.2. The van der Waals surface area contributed by atoms with Crippen LogP contribution in [0.25, 0.3) is 5.65 Å². The Kier molecular flexibility index (Phi) is 6.65. The first-order valence-electron chi connectivity index (χ1n) is 12.0. The first-order valence-corrected chi connectivity index (χ1v) is 12.4. The zero-order valence-corrected chi connectivity index (χ0v) is 20.2. The van der Waals surface area contributed by atoms with Crippen molar-refractivity contribution in [3.63, 3.8) is 0 Å². The number of rotatable bonds is 6. The molecule has 3 unspecified atom stereocenters. The average Bonchev–Trinajstić information content (AvgIpc) is 3.24. The van der Waals surface area contributed by atoms with E-state index in [4.69, 9.17) is 11.6 Å². The van der Waals surface area contributed by atoms with Crippen LogP contribution in [-0.4, -0.2) is 43.7 Å². The van der Waals surface area contributed by atoms with Gasteiger partial charge in [-0.1, -0.05) is 24.1 Å². The number of hydrogen-bond donors (Lipinski definition) is 3. The summed E-state index contributed by atoms with van der Waals surface area (Å²) in [6.45, 7) is 0.449. The molecule has 5 rings (SSSR count). The molecule has 2 saturated carbocycles. The van der Waals surface area contributed by atoms with Crippen LogP contribution in [-0.2, 0) is 6.54 Å². The molecule has 2 bridgehead atoms. The van der Waals surface area contributed by atoms with Crippen molar-refractivity contribution in [2.75, 3.05) is 6.54 Å². The van der Waals surface area contributed by atoms with Crippen molar-refractivity contribution in [2.45, 2.75) is 50.7 Å². The van der Waals surface area contributed by atoms with Crippen molar-refractivity contribution < 1.29 is 23.5 Å². The van der Waals surface area contributed by atoms with Gasteiger partial charge in [-0.25, -0.2) is 18.3 Å². The Balaban J connectivity index is 1.31. The lowest BCUT2D eigenvalue weighted by atomic mass is 9.64. The molecule has 0 aliphatic heterocycles. The number of halogens is 3. The predicted octanol–water partition coefficient (Wildman–Crippen LogP) is 3.65. The van der Waals surface area contributed by atoms with Gasteiger partial charge in [0, 0.05) is 19.2 Å². The number of aliphatic hydroxyl groups is 1. The number of carbonyl (C=O) groups excluding carboxylic acids is 2. The summed E-state index contributed by atoms with van der Waals surface area (Å²) in [4.78, 5) is 29.9. The third kappa shape index (κ3) is 4.92. The Morgan fingerprint density at radius 2 is 1.97 bits per heavy atom. The molecule has 2 heterocycles. The van der Waals surface area contributed by atoms with E-state index >= 15 is 0 Å². The van der Waals surface area contributed by atoms with E-state index in [1.54, 1.807) is 0 Å². The second-order valence-electron chi connectivity index (χ2n) is 9.78. The zero-order valence-electron chi connectivity index (χ0n) is 19.4. The van der Waals surface area contributed by atoms with Crippen molar-refractivity contribution in [1.82, 2.24) is 25.2 Å². The maximum absolute atomic E-state index is 14.3. The molecule has 2 aromatic heterocycles. The molecule has 2 aliphatic carbocycles. The fourth-order valence-electron chi connectivity index (χ4n) is 5.42. The van der Waals surface area contributed by atoms with E-state index in [1.807, 2.05) is 0 Å². The van der Waals surface area contributed by atoms with E-state index in [0.717, 1.165) is 49.2 Å². The maximum Gasteiger partial charge on any atom is 0.270 e. The molecule has 2 aliphatic rings. The molecule has 11 heteroatoms. The number of fused-ring (bicyclic) bond motifs is 3. The molecule has 0 saturated heterocycles. The second kappa shape index (κ2) is 9.74. The lowest BCUT2D eigenvalue weighted by Gasteiger charge is -2.45. The minimum atomic E-state index is -0.766. The Hall–Kier alpha value is -3.11. The topological polar surface area (TPSA) is 109 Å². The van der Waals surface area contributed by atoms with Gasteiger partial charge in [-0.05, 0) is 61.6 Å². The lowest BCUT2D eigenvalue weighted by Crippen LogP contribution is -2.45. The summed E-state index contributed by atoms with van der Waals surface area (Å²) in [5.41, 5.74) is -0.432. The number of nitrogens with zero attached hydrogens (tertiary/aromatic N) is 3. The summed E-state index contributed by atoms with van der Waals surface area (Å²) >= 11 is 5.78. The number of nitrogens with one attached hydrogen (secondary N) is 2. The van der Waals surface area contributed by atoms with E-state index in [9.17, 15) is 23.5 Å². The summed E-state index contributed by atoms with van der Waals surface area (Å²) in [7, 11) is 0. The monoisotopic (exact) mass is 517 g/mol. The third-order valence-corrected chi connectivity index (χ3v) is 7.65. The van der Waals surface area contributed by atoms with E-state index in [0.29, 0.717) is 18.0 Å². The van der Waals surface area contributed by atoms with E-state index in [-0.39, 0.29) is 34.5 Å². The second-order valence-corrected chi connectivity index (χ2v) is 10.2. The van der Waals surface area contributed by atoms with Crippen LogP contribution in [0.15, 0.2) is 30.5 Å². The summed E-state index contributed by atoms with van der Waals surface area (Å²) < 4.78 is 28.8. The highest BCUT2D eigenvalue weighted by atomic mass is 35.5. The van der Waals surface area contributed by atoms with Crippen LogP contribution in [0.2, 0.25) is 5.02 Å². The predicted molar refractivity (Wildman–Crippen MR) is 127 cm³/mol. The van der Waals surface area contributed by atoms with Crippen LogP contribution in [0.4, 0.5) is 8.78 Å². The molecule has 36 heavy (non-hydrogen) atoms. The Morgan fingerprint density at radius 1 is 1.14 bits per heavy atom. The zero-order chi connectivity index (χ0) is 25.4. The van der Waals surface area contributed by atoms with Gasteiger partial charge in [0.1, 0.15) is 17.2 Å². The summed E-state index contributed by atoms with van der Waals surface area (Å²) in [6, 6.07) is 5.33. The van der Waals surface area contributed by atoms with Crippen LogP contribution < -0.4 is 10.6 Å². The van der Waals surface area contributed by atoms with Gasteiger partial charge in [0.05, 0.1) is 16.8 Å². The van der Waals surface area contributed by atoms with E-state index < -0.39 is 29.0 Å². The number of benzene rings is 1.